The monoisotopic (exact) mass is 281 g/mol. The lowest BCUT2D eigenvalue weighted by Gasteiger charge is -2.25. The van der Waals surface area contributed by atoms with Crippen molar-refractivity contribution in [3.05, 3.63) is 35.4 Å². The molecule has 0 aliphatic heterocycles. The zero-order valence-corrected chi connectivity index (χ0v) is 12.3. The molecule has 1 unspecified atom stereocenters. The molecule has 1 N–H and O–H groups in total. The molecule has 0 bridgehead atoms. The molecule has 0 radical (unpaired) electrons. The Morgan fingerprint density at radius 3 is 2.40 bits per heavy atom. The Hall–Kier alpha value is -0.960. The number of halogens is 2. The molecular formula is C17H25F2N. The van der Waals surface area contributed by atoms with Crippen LogP contribution in [0, 0.1) is 17.6 Å². The van der Waals surface area contributed by atoms with Crippen LogP contribution in [0.3, 0.4) is 0 Å². The van der Waals surface area contributed by atoms with E-state index in [-0.39, 0.29) is 0 Å². The molecule has 1 aliphatic carbocycles. The fraction of sp³-hybridized carbons (Fsp3) is 0.647. The lowest BCUT2D eigenvalue weighted by atomic mass is 9.92. The summed E-state index contributed by atoms with van der Waals surface area (Å²) in [5.41, 5.74) is 0.767. The first-order chi connectivity index (χ1) is 9.69. The smallest absolute Gasteiger partial charge is 0.126 e. The van der Waals surface area contributed by atoms with Crippen molar-refractivity contribution in [1.82, 2.24) is 5.32 Å². The summed E-state index contributed by atoms with van der Waals surface area (Å²) >= 11 is 0. The van der Waals surface area contributed by atoms with Gasteiger partial charge < -0.3 is 5.32 Å². The van der Waals surface area contributed by atoms with Crippen LogP contribution in [0.1, 0.15) is 51.0 Å². The van der Waals surface area contributed by atoms with Crippen LogP contribution in [0.4, 0.5) is 8.78 Å². The van der Waals surface area contributed by atoms with Crippen molar-refractivity contribution in [2.45, 2.75) is 57.9 Å². The summed E-state index contributed by atoms with van der Waals surface area (Å²) in [7, 11) is 0. The van der Waals surface area contributed by atoms with Crippen LogP contribution in [0.2, 0.25) is 0 Å². The van der Waals surface area contributed by atoms with Crippen molar-refractivity contribution >= 4 is 0 Å². The number of hydrogen-bond donors (Lipinski definition) is 1. The van der Waals surface area contributed by atoms with E-state index in [1.807, 2.05) is 0 Å². The van der Waals surface area contributed by atoms with Gasteiger partial charge in [0.1, 0.15) is 11.6 Å². The number of aryl methyl sites for hydroxylation is 1. The molecule has 2 rings (SSSR count). The summed E-state index contributed by atoms with van der Waals surface area (Å²) in [4.78, 5) is 0. The molecular weight excluding hydrogens is 256 g/mol. The molecule has 20 heavy (non-hydrogen) atoms. The molecule has 1 aliphatic rings. The van der Waals surface area contributed by atoms with E-state index in [0.29, 0.717) is 6.04 Å². The number of nitrogens with one attached hydrogen (secondary N) is 1. The second kappa shape index (κ2) is 7.72. The minimum absolute atomic E-state index is 0.473. The molecule has 1 nitrogen and oxygen atoms in total. The van der Waals surface area contributed by atoms with Gasteiger partial charge in [0, 0.05) is 12.1 Å². The third-order valence-electron chi connectivity index (χ3n) is 4.29. The Balaban J connectivity index is 1.92. The zero-order valence-electron chi connectivity index (χ0n) is 12.3. The lowest BCUT2D eigenvalue weighted by Crippen LogP contribution is -2.36. The Bertz CT molecular complexity index is 393. The molecule has 0 amide bonds. The molecule has 3 heteroatoms. The quantitative estimate of drug-likeness (QED) is 0.778. The van der Waals surface area contributed by atoms with Crippen molar-refractivity contribution < 1.29 is 8.78 Å². The predicted octanol–water partition coefficient (Wildman–Crippen LogP) is 4.46. The van der Waals surface area contributed by atoms with Crippen molar-refractivity contribution in [3.63, 3.8) is 0 Å². The molecule has 1 atom stereocenters. The fourth-order valence-corrected chi connectivity index (χ4v) is 3.27. The molecule has 0 aromatic heterocycles. The van der Waals surface area contributed by atoms with Gasteiger partial charge in [-0.3, -0.25) is 0 Å². The average Bonchev–Trinajstić information content (AvgIpc) is 2.91. The van der Waals surface area contributed by atoms with Crippen LogP contribution in [-0.2, 0) is 6.42 Å². The average molecular weight is 281 g/mol. The van der Waals surface area contributed by atoms with E-state index in [1.165, 1.54) is 37.8 Å². The standard InChI is InChI=1S/C17H25F2N/c1-2-9-20-17(14-5-3-4-6-14)8-7-13-10-15(18)12-16(19)11-13/h10-12,14,17,20H,2-9H2,1H3. The van der Waals surface area contributed by atoms with Crippen LogP contribution in [-0.4, -0.2) is 12.6 Å². The van der Waals surface area contributed by atoms with Gasteiger partial charge in [0.15, 0.2) is 0 Å². The SMILES string of the molecule is CCCNC(CCc1cc(F)cc(F)c1)C1CCCC1. The van der Waals surface area contributed by atoms with E-state index in [4.69, 9.17) is 0 Å². The van der Waals surface area contributed by atoms with Crippen LogP contribution in [0.5, 0.6) is 0 Å². The maximum absolute atomic E-state index is 13.2. The lowest BCUT2D eigenvalue weighted by molar-refractivity contribution is 0.340. The fourth-order valence-electron chi connectivity index (χ4n) is 3.27. The third-order valence-corrected chi connectivity index (χ3v) is 4.29. The highest BCUT2D eigenvalue weighted by atomic mass is 19.1. The highest BCUT2D eigenvalue weighted by molar-refractivity contribution is 5.18. The van der Waals surface area contributed by atoms with E-state index < -0.39 is 11.6 Å². The second-order valence-electron chi connectivity index (χ2n) is 5.92. The largest absolute Gasteiger partial charge is 0.314 e. The van der Waals surface area contributed by atoms with Gasteiger partial charge in [0.05, 0.1) is 0 Å². The van der Waals surface area contributed by atoms with Gasteiger partial charge in [-0.05, 0) is 62.3 Å². The summed E-state index contributed by atoms with van der Waals surface area (Å²) in [6.45, 7) is 3.19. The van der Waals surface area contributed by atoms with Crippen molar-refractivity contribution in [3.8, 4) is 0 Å². The van der Waals surface area contributed by atoms with Crippen molar-refractivity contribution in [2.24, 2.45) is 5.92 Å². The van der Waals surface area contributed by atoms with Gasteiger partial charge in [-0.2, -0.15) is 0 Å². The molecule has 1 fully saturated rings. The first-order valence-corrected chi connectivity index (χ1v) is 7.87. The Morgan fingerprint density at radius 2 is 1.80 bits per heavy atom. The number of hydrogen-bond acceptors (Lipinski definition) is 1. The van der Waals surface area contributed by atoms with E-state index in [0.717, 1.165) is 43.4 Å². The molecule has 0 saturated heterocycles. The minimum Gasteiger partial charge on any atom is -0.314 e. The van der Waals surface area contributed by atoms with Gasteiger partial charge in [-0.25, -0.2) is 8.78 Å². The summed E-state index contributed by atoms with van der Waals surface area (Å²) in [6.07, 6.45) is 8.06. The topological polar surface area (TPSA) is 12.0 Å². The number of rotatable bonds is 7. The van der Waals surface area contributed by atoms with Crippen molar-refractivity contribution in [2.75, 3.05) is 6.54 Å². The molecule has 0 spiro atoms. The summed E-state index contributed by atoms with van der Waals surface area (Å²) in [6, 6.07) is 4.33. The first kappa shape index (κ1) is 15.4. The first-order valence-electron chi connectivity index (χ1n) is 7.87. The second-order valence-corrected chi connectivity index (χ2v) is 5.92. The van der Waals surface area contributed by atoms with Gasteiger partial charge in [0.25, 0.3) is 0 Å². The van der Waals surface area contributed by atoms with E-state index in [9.17, 15) is 8.78 Å². The Labute approximate surface area is 120 Å². The highest BCUT2D eigenvalue weighted by Crippen LogP contribution is 2.29. The summed E-state index contributed by atoms with van der Waals surface area (Å²) in [5, 5.41) is 3.62. The van der Waals surface area contributed by atoms with Gasteiger partial charge in [-0.15, -0.1) is 0 Å². The van der Waals surface area contributed by atoms with Crippen molar-refractivity contribution in [1.29, 1.82) is 0 Å². The van der Waals surface area contributed by atoms with E-state index >= 15 is 0 Å². The highest BCUT2D eigenvalue weighted by Gasteiger charge is 2.24. The van der Waals surface area contributed by atoms with Crippen LogP contribution in [0.25, 0.3) is 0 Å². The third kappa shape index (κ3) is 4.55. The van der Waals surface area contributed by atoms with Crippen LogP contribution in [0.15, 0.2) is 18.2 Å². The van der Waals surface area contributed by atoms with Gasteiger partial charge in [0.2, 0.25) is 0 Å². The normalized spacial score (nSPS) is 17.6. The molecule has 1 saturated carbocycles. The molecule has 1 aromatic carbocycles. The summed E-state index contributed by atoms with van der Waals surface area (Å²) < 4.78 is 26.4. The minimum atomic E-state index is -0.473. The van der Waals surface area contributed by atoms with Crippen LogP contribution < -0.4 is 5.32 Å². The molecule has 112 valence electrons. The number of benzene rings is 1. The van der Waals surface area contributed by atoms with E-state index in [1.54, 1.807) is 0 Å². The predicted molar refractivity (Wildman–Crippen MR) is 78.7 cm³/mol. The van der Waals surface area contributed by atoms with Crippen LogP contribution >= 0.6 is 0 Å². The van der Waals surface area contributed by atoms with Gasteiger partial charge >= 0.3 is 0 Å². The maximum atomic E-state index is 13.2. The Kier molecular flexibility index (Phi) is 5.96. The van der Waals surface area contributed by atoms with E-state index in [2.05, 4.69) is 12.2 Å². The maximum Gasteiger partial charge on any atom is 0.126 e. The zero-order chi connectivity index (χ0) is 14.4. The Morgan fingerprint density at radius 1 is 1.15 bits per heavy atom. The summed E-state index contributed by atoms with van der Waals surface area (Å²) in [5.74, 6) is -0.210. The molecule has 1 aromatic rings. The van der Waals surface area contributed by atoms with Gasteiger partial charge in [-0.1, -0.05) is 19.8 Å². The molecule has 0 heterocycles.